The Labute approximate surface area is 122 Å². The Morgan fingerprint density at radius 3 is 2.53 bits per heavy atom. The van der Waals surface area contributed by atoms with Crippen molar-refractivity contribution in [3.8, 4) is 5.75 Å². The fourth-order valence-electron chi connectivity index (χ4n) is 2.29. The fraction of sp³-hybridized carbons (Fsp3) is 0.250. The van der Waals surface area contributed by atoms with Crippen molar-refractivity contribution in [1.29, 1.82) is 0 Å². The molecule has 3 heteroatoms. The second-order valence-corrected chi connectivity index (χ2v) is 5.28. The van der Waals surface area contributed by atoms with Crippen LogP contribution in [0.5, 0.6) is 5.75 Å². The molecule has 2 aromatic rings. The number of hydrogen-bond donors (Lipinski definition) is 1. The van der Waals surface area contributed by atoms with Gasteiger partial charge in [0.25, 0.3) is 0 Å². The van der Waals surface area contributed by atoms with Crippen LogP contribution >= 0.6 is 15.9 Å². The second-order valence-electron chi connectivity index (χ2n) is 4.36. The van der Waals surface area contributed by atoms with Gasteiger partial charge in [-0.15, -0.1) is 0 Å². The number of ether oxygens (including phenoxy) is 1. The Bertz CT molecular complexity index is 526. The van der Waals surface area contributed by atoms with Crippen LogP contribution in [0.3, 0.4) is 0 Å². The number of hydrogen-bond acceptors (Lipinski definition) is 2. The number of halogens is 1. The maximum absolute atomic E-state index is 9.34. The zero-order valence-electron chi connectivity index (χ0n) is 10.8. The molecule has 0 spiro atoms. The highest BCUT2D eigenvalue weighted by atomic mass is 79.9. The fourth-order valence-corrected chi connectivity index (χ4v) is 2.67. The van der Waals surface area contributed by atoms with E-state index in [0.29, 0.717) is 6.42 Å². The van der Waals surface area contributed by atoms with Crippen LogP contribution in [0, 0.1) is 0 Å². The average molecular weight is 321 g/mol. The largest absolute Gasteiger partial charge is 0.496 e. The number of aliphatic hydroxyl groups is 1. The van der Waals surface area contributed by atoms with Crippen molar-refractivity contribution in [2.75, 3.05) is 13.7 Å². The maximum atomic E-state index is 9.34. The van der Waals surface area contributed by atoms with Gasteiger partial charge in [-0.2, -0.15) is 0 Å². The molecule has 0 saturated heterocycles. The minimum absolute atomic E-state index is 0.138. The topological polar surface area (TPSA) is 29.5 Å². The van der Waals surface area contributed by atoms with Crippen molar-refractivity contribution in [3.05, 3.63) is 64.1 Å². The zero-order chi connectivity index (χ0) is 13.7. The molecule has 0 amide bonds. The van der Waals surface area contributed by atoms with Gasteiger partial charge in [-0.25, -0.2) is 0 Å². The molecule has 2 rings (SSSR count). The number of methoxy groups -OCH3 is 1. The molecule has 0 aliphatic carbocycles. The molecule has 0 fully saturated rings. The van der Waals surface area contributed by atoms with E-state index in [1.54, 1.807) is 7.11 Å². The third kappa shape index (κ3) is 3.37. The summed E-state index contributed by atoms with van der Waals surface area (Å²) in [5.41, 5.74) is 2.28. The molecular formula is C16H17BrO2. The Morgan fingerprint density at radius 2 is 1.89 bits per heavy atom. The lowest BCUT2D eigenvalue weighted by Crippen LogP contribution is -2.05. The summed E-state index contributed by atoms with van der Waals surface area (Å²) in [6.07, 6.45) is 0.677. The van der Waals surface area contributed by atoms with Crippen LogP contribution in [0.1, 0.15) is 23.5 Å². The smallest absolute Gasteiger partial charge is 0.122 e. The second kappa shape index (κ2) is 6.73. The molecule has 2 nitrogen and oxygen atoms in total. The molecule has 2 aromatic carbocycles. The highest BCUT2D eigenvalue weighted by Crippen LogP contribution is 2.35. The van der Waals surface area contributed by atoms with Crippen molar-refractivity contribution in [2.45, 2.75) is 12.3 Å². The first-order chi connectivity index (χ1) is 9.26. The monoisotopic (exact) mass is 320 g/mol. The zero-order valence-corrected chi connectivity index (χ0v) is 12.4. The van der Waals surface area contributed by atoms with Crippen molar-refractivity contribution in [2.24, 2.45) is 0 Å². The van der Waals surface area contributed by atoms with Crippen LogP contribution in [0.15, 0.2) is 53.0 Å². The van der Waals surface area contributed by atoms with E-state index in [0.717, 1.165) is 15.8 Å². The van der Waals surface area contributed by atoms with Crippen LogP contribution < -0.4 is 4.74 Å². The first-order valence-electron chi connectivity index (χ1n) is 6.25. The Kier molecular flexibility index (Phi) is 5.00. The van der Waals surface area contributed by atoms with Crippen LogP contribution in [-0.2, 0) is 0 Å². The van der Waals surface area contributed by atoms with Gasteiger partial charge < -0.3 is 9.84 Å². The van der Waals surface area contributed by atoms with E-state index < -0.39 is 0 Å². The SMILES string of the molecule is COc1ccc(Br)cc1C(CCO)c1ccccc1. The van der Waals surface area contributed by atoms with Crippen molar-refractivity contribution in [1.82, 2.24) is 0 Å². The van der Waals surface area contributed by atoms with E-state index in [1.165, 1.54) is 5.56 Å². The first kappa shape index (κ1) is 14.1. The van der Waals surface area contributed by atoms with Gasteiger partial charge in [0.2, 0.25) is 0 Å². The molecule has 0 heterocycles. The predicted molar refractivity (Wildman–Crippen MR) is 80.7 cm³/mol. The van der Waals surface area contributed by atoms with E-state index in [2.05, 4.69) is 34.1 Å². The minimum Gasteiger partial charge on any atom is -0.496 e. The summed E-state index contributed by atoms with van der Waals surface area (Å²) >= 11 is 3.50. The molecular weight excluding hydrogens is 304 g/mol. The molecule has 0 aromatic heterocycles. The molecule has 1 unspecified atom stereocenters. The predicted octanol–water partition coefficient (Wildman–Crippen LogP) is 3.97. The van der Waals surface area contributed by atoms with Gasteiger partial charge in [0.05, 0.1) is 7.11 Å². The molecule has 1 atom stereocenters. The first-order valence-corrected chi connectivity index (χ1v) is 7.04. The van der Waals surface area contributed by atoms with E-state index in [-0.39, 0.29) is 12.5 Å². The van der Waals surface area contributed by atoms with Gasteiger partial charge in [-0.1, -0.05) is 46.3 Å². The van der Waals surface area contributed by atoms with E-state index >= 15 is 0 Å². The summed E-state index contributed by atoms with van der Waals surface area (Å²) in [5.74, 6) is 0.990. The van der Waals surface area contributed by atoms with Gasteiger partial charge in [-0.3, -0.25) is 0 Å². The third-order valence-electron chi connectivity index (χ3n) is 3.19. The normalized spacial score (nSPS) is 12.2. The summed E-state index contributed by atoms with van der Waals surface area (Å²) in [7, 11) is 1.67. The van der Waals surface area contributed by atoms with Crippen molar-refractivity contribution < 1.29 is 9.84 Å². The quantitative estimate of drug-likeness (QED) is 0.903. The van der Waals surface area contributed by atoms with Gasteiger partial charge in [-0.05, 0) is 30.2 Å². The molecule has 0 bridgehead atoms. The molecule has 1 N–H and O–H groups in total. The van der Waals surface area contributed by atoms with E-state index in [1.807, 2.05) is 30.3 Å². The van der Waals surface area contributed by atoms with Crippen LogP contribution in [-0.4, -0.2) is 18.8 Å². The van der Waals surface area contributed by atoms with Gasteiger partial charge in [0, 0.05) is 22.6 Å². The molecule has 0 radical (unpaired) electrons. The number of rotatable bonds is 5. The minimum atomic E-state index is 0.138. The molecule has 0 saturated carbocycles. The van der Waals surface area contributed by atoms with E-state index in [4.69, 9.17) is 4.74 Å². The van der Waals surface area contributed by atoms with Crippen molar-refractivity contribution in [3.63, 3.8) is 0 Å². The van der Waals surface area contributed by atoms with Gasteiger partial charge >= 0.3 is 0 Å². The number of benzene rings is 2. The summed E-state index contributed by atoms with van der Waals surface area (Å²) in [6.45, 7) is 0.148. The van der Waals surface area contributed by atoms with Crippen molar-refractivity contribution >= 4 is 15.9 Å². The highest BCUT2D eigenvalue weighted by Gasteiger charge is 2.18. The van der Waals surface area contributed by atoms with Crippen LogP contribution in [0.25, 0.3) is 0 Å². The standard InChI is InChI=1S/C16H17BrO2/c1-19-16-8-7-13(17)11-15(16)14(9-10-18)12-5-3-2-4-6-12/h2-8,11,14,18H,9-10H2,1H3. The Balaban J connectivity index is 2.47. The molecule has 0 aliphatic heterocycles. The molecule has 0 aliphatic rings. The number of aliphatic hydroxyl groups excluding tert-OH is 1. The summed E-state index contributed by atoms with van der Waals surface area (Å²) < 4.78 is 6.46. The molecule has 100 valence electrons. The van der Waals surface area contributed by atoms with Crippen LogP contribution in [0.2, 0.25) is 0 Å². The maximum Gasteiger partial charge on any atom is 0.122 e. The Hall–Kier alpha value is -1.32. The highest BCUT2D eigenvalue weighted by molar-refractivity contribution is 9.10. The molecule has 19 heavy (non-hydrogen) atoms. The van der Waals surface area contributed by atoms with E-state index in [9.17, 15) is 5.11 Å². The Morgan fingerprint density at radius 1 is 1.16 bits per heavy atom. The lowest BCUT2D eigenvalue weighted by Gasteiger charge is -2.20. The van der Waals surface area contributed by atoms with Gasteiger partial charge in [0.15, 0.2) is 0 Å². The van der Waals surface area contributed by atoms with Crippen LogP contribution in [0.4, 0.5) is 0 Å². The average Bonchev–Trinajstić information content (AvgIpc) is 2.45. The summed E-state index contributed by atoms with van der Waals surface area (Å²) in [5, 5.41) is 9.34. The third-order valence-corrected chi connectivity index (χ3v) is 3.68. The van der Waals surface area contributed by atoms with Gasteiger partial charge in [0.1, 0.15) is 5.75 Å². The lowest BCUT2D eigenvalue weighted by atomic mass is 9.88. The lowest BCUT2D eigenvalue weighted by molar-refractivity contribution is 0.280. The summed E-state index contributed by atoms with van der Waals surface area (Å²) in [4.78, 5) is 0. The summed E-state index contributed by atoms with van der Waals surface area (Å²) in [6, 6.07) is 16.2.